The van der Waals surface area contributed by atoms with E-state index in [-0.39, 0.29) is 6.61 Å². The molecule has 0 bridgehead atoms. The molecule has 0 spiro atoms. The Hall–Kier alpha value is -1.39. The molecule has 4 heteroatoms. The Morgan fingerprint density at radius 3 is 2.62 bits per heavy atom. The van der Waals surface area contributed by atoms with Crippen molar-refractivity contribution in [2.75, 3.05) is 6.61 Å². The van der Waals surface area contributed by atoms with Crippen LogP contribution in [0.2, 0.25) is 0 Å². The first-order valence-electron chi connectivity index (χ1n) is 5.18. The van der Waals surface area contributed by atoms with Crippen molar-refractivity contribution in [1.29, 1.82) is 0 Å². The molecule has 1 saturated carbocycles. The van der Waals surface area contributed by atoms with Gasteiger partial charge in [-0.05, 0) is 30.4 Å². The number of benzene rings is 1. The van der Waals surface area contributed by atoms with Gasteiger partial charge in [0.2, 0.25) is 5.79 Å². The number of aliphatic hydroxyl groups is 2. The van der Waals surface area contributed by atoms with Gasteiger partial charge in [0.05, 0.1) is 5.56 Å². The molecule has 2 aliphatic rings. The highest BCUT2D eigenvalue weighted by molar-refractivity contribution is 5.48. The average Bonchev–Trinajstić information content (AvgIpc) is 3.08. The summed E-state index contributed by atoms with van der Waals surface area (Å²) < 4.78 is 5.23. The first kappa shape index (κ1) is 11.1. The Morgan fingerprint density at radius 2 is 2.00 bits per heavy atom. The van der Waals surface area contributed by atoms with Crippen molar-refractivity contribution in [3.8, 4) is 5.75 Å². The highest BCUT2D eigenvalue weighted by Gasteiger charge is 2.41. The summed E-state index contributed by atoms with van der Waals surface area (Å²) in [6.07, 6.45) is 2.29. The zero-order chi connectivity index (χ0) is 11.8. The Labute approximate surface area is 93.5 Å². The predicted molar refractivity (Wildman–Crippen MR) is 57.1 cm³/mol. The minimum absolute atomic E-state index is 0.0495. The van der Waals surface area contributed by atoms with Crippen molar-refractivity contribution >= 4 is 6.79 Å². The lowest BCUT2D eigenvalue weighted by molar-refractivity contribution is -0.174. The molecule has 16 heavy (non-hydrogen) atoms. The summed E-state index contributed by atoms with van der Waals surface area (Å²) in [6, 6.07) is 5.66. The third kappa shape index (κ3) is 1.70. The molecule has 1 aromatic carbocycles. The van der Waals surface area contributed by atoms with Gasteiger partial charge in [-0.15, -0.1) is 0 Å². The highest BCUT2D eigenvalue weighted by atomic mass is 16.6. The van der Waals surface area contributed by atoms with Crippen LogP contribution in [-0.2, 0) is 10.6 Å². The van der Waals surface area contributed by atoms with Crippen LogP contribution >= 0.6 is 0 Å². The average molecular weight is 222 g/mol. The van der Waals surface area contributed by atoms with E-state index < -0.39 is 5.79 Å². The fraction of sp³-hybridized carbons (Fsp3) is 0.417. The van der Waals surface area contributed by atoms with E-state index in [1.165, 1.54) is 0 Å². The molecule has 0 atom stereocenters. The van der Waals surface area contributed by atoms with E-state index in [4.69, 9.17) is 9.53 Å². The van der Waals surface area contributed by atoms with Crippen LogP contribution in [-0.4, -0.2) is 23.6 Å². The molecule has 2 N–H and O–H groups in total. The number of rotatable bonds is 1. The Bertz CT molecular complexity index is 396. The van der Waals surface area contributed by atoms with Gasteiger partial charge >= 0.3 is 0 Å². The topological polar surface area (TPSA) is 66.8 Å². The molecule has 0 aromatic heterocycles. The van der Waals surface area contributed by atoms with Crippen molar-refractivity contribution in [3.63, 3.8) is 0 Å². The van der Waals surface area contributed by atoms with Gasteiger partial charge < -0.3 is 19.7 Å². The Balaban J connectivity index is 0.000000457. The largest absolute Gasteiger partial charge is 0.487 e. The number of hydrogen-bond acceptors (Lipinski definition) is 4. The van der Waals surface area contributed by atoms with Crippen LogP contribution in [0.1, 0.15) is 29.9 Å². The third-order valence-corrected chi connectivity index (χ3v) is 2.90. The molecule has 0 amide bonds. The highest BCUT2D eigenvalue weighted by Crippen LogP contribution is 2.48. The van der Waals surface area contributed by atoms with Crippen LogP contribution < -0.4 is 4.74 Å². The fourth-order valence-electron chi connectivity index (χ4n) is 2.08. The Kier molecular flexibility index (Phi) is 2.69. The van der Waals surface area contributed by atoms with Crippen LogP contribution in [0.25, 0.3) is 0 Å². The van der Waals surface area contributed by atoms with E-state index >= 15 is 0 Å². The summed E-state index contributed by atoms with van der Waals surface area (Å²) in [5.74, 6) is -0.654. The second kappa shape index (κ2) is 3.88. The number of carbonyl (C=O) groups is 1. The monoisotopic (exact) mass is 222 g/mol. The maximum Gasteiger partial charge on any atom is 0.229 e. The van der Waals surface area contributed by atoms with E-state index in [1.807, 2.05) is 18.9 Å². The van der Waals surface area contributed by atoms with Gasteiger partial charge in [-0.25, -0.2) is 0 Å². The predicted octanol–water partition coefficient (Wildman–Crippen LogP) is 0.909. The SMILES string of the molecule is C=O.OC1(O)COc2cccc(C3CC3)c21. The van der Waals surface area contributed by atoms with Crippen LogP contribution in [0, 0.1) is 0 Å². The standard InChI is InChI=1S/C11H12O3.CH2O/c12-11(13)6-14-9-3-1-2-8(10(9)11)7-4-5-7;1-2/h1-3,7,12-13H,4-6H2;1H2. The van der Waals surface area contributed by atoms with Crippen LogP contribution in [0.3, 0.4) is 0 Å². The quantitative estimate of drug-likeness (QED) is 0.693. The van der Waals surface area contributed by atoms with E-state index in [0.717, 1.165) is 18.4 Å². The molecular formula is C12H14O4. The molecular weight excluding hydrogens is 208 g/mol. The van der Waals surface area contributed by atoms with Gasteiger partial charge in [0, 0.05) is 0 Å². The molecule has 1 aromatic rings. The summed E-state index contributed by atoms with van der Waals surface area (Å²) in [7, 11) is 0. The lowest BCUT2D eigenvalue weighted by atomic mass is 9.97. The minimum atomic E-state index is -1.78. The van der Waals surface area contributed by atoms with E-state index in [9.17, 15) is 10.2 Å². The van der Waals surface area contributed by atoms with Gasteiger partial charge in [-0.1, -0.05) is 12.1 Å². The zero-order valence-corrected chi connectivity index (χ0v) is 8.85. The van der Waals surface area contributed by atoms with Crippen molar-refractivity contribution in [1.82, 2.24) is 0 Å². The normalized spacial score (nSPS) is 20.4. The lowest BCUT2D eigenvalue weighted by Gasteiger charge is -2.16. The van der Waals surface area contributed by atoms with Gasteiger partial charge in [-0.2, -0.15) is 0 Å². The van der Waals surface area contributed by atoms with Gasteiger partial charge in [0.15, 0.2) is 0 Å². The maximum atomic E-state index is 9.73. The number of carbonyl (C=O) groups excluding carboxylic acids is 1. The molecule has 1 heterocycles. The van der Waals surface area contributed by atoms with Crippen molar-refractivity contribution in [2.24, 2.45) is 0 Å². The van der Waals surface area contributed by atoms with Crippen molar-refractivity contribution < 1.29 is 19.7 Å². The molecule has 1 fully saturated rings. The number of hydrogen-bond donors (Lipinski definition) is 2. The molecule has 3 rings (SSSR count). The molecule has 0 saturated heterocycles. The molecule has 0 unspecified atom stereocenters. The maximum absolute atomic E-state index is 9.73. The lowest BCUT2D eigenvalue weighted by Crippen LogP contribution is -2.27. The second-order valence-electron chi connectivity index (χ2n) is 4.10. The second-order valence-corrected chi connectivity index (χ2v) is 4.10. The molecule has 0 radical (unpaired) electrons. The Morgan fingerprint density at radius 1 is 1.31 bits per heavy atom. The van der Waals surface area contributed by atoms with Gasteiger partial charge in [0.1, 0.15) is 19.1 Å². The third-order valence-electron chi connectivity index (χ3n) is 2.90. The summed E-state index contributed by atoms with van der Waals surface area (Å²) in [5.41, 5.74) is 1.63. The minimum Gasteiger partial charge on any atom is -0.487 e. The number of fused-ring (bicyclic) bond motifs is 1. The summed E-state index contributed by atoms with van der Waals surface area (Å²) in [4.78, 5) is 8.00. The summed E-state index contributed by atoms with van der Waals surface area (Å²) in [6.45, 7) is 1.95. The fourth-order valence-corrected chi connectivity index (χ4v) is 2.08. The van der Waals surface area contributed by atoms with Crippen LogP contribution in [0.15, 0.2) is 18.2 Å². The van der Waals surface area contributed by atoms with Crippen LogP contribution in [0.4, 0.5) is 0 Å². The van der Waals surface area contributed by atoms with E-state index in [0.29, 0.717) is 17.2 Å². The first-order chi connectivity index (χ1) is 7.68. The number of ether oxygens (including phenoxy) is 1. The van der Waals surface area contributed by atoms with E-state index in [1.54, 1.807) is 6.07 Å². The zero-order valence-electron chi connectivity index (χ0n) is 8.85. The summed E-state index contributed by atoms with van der Waals surface area (Å²) >= 11 is 0. The molecule has 1 aliphatic heterocycles. The van der Waals surface area contributed by atoms with Gasteiger partial charge in [0.25, 0.3) is 0 Å². The first-order valence-corrected chi connectivity index (χ1v) is 5.18. The summed E-state index contributed by atoms with van der Waals surface area (Å²) in [5, 5.41) is 19.5. The molecule has 4 nitrogen and oxygen atoms in total. The van der Waals surface area contributed by atoms with E-state index in [2.05, 4.69) is 0 Å². The van der Waals surface area contributed by atoms with Gasteiger partial charge in [-0.3, -0.25) is 0 Å². The van der Waals surface area contributed by atoms with Crippen LogP contribution in [0.5, 0.6) is 5.75 Å². The van der Waals surface area contributed by atoms with Crippen molar-refractivity contribution in [2.45, 2.75) is 24.5 Å². The molecule has 86 valence electrons. The molecule has 1 aliphatic carbocycles. The smallest absolute Gasteiger partial charge is 0.229 e. The van der Waals surface area contributed by atoms with Crippen molar-refractivity contribution in [3.05, 3.63) is 29.3 Å².